The second-order valence-electron chi connectivity index (χ2n) is 8.30. The van der Waals surface area contributed by atoms with Crippen molar-refractivity contribution in [3.05, 3.63) is 24.3 Å². The normalized spacial score (nSPS) is 18.6. The van der Waals surface area contributed by atoms with Gasteiger partial charge in [-0.15, -0.1) is 0 Å². The summed E-state index contributed by atoms with van der Waals surface area (Å²) < 4.78 is 0. The number of aliphatic hydroxyl groups is 1. The minimum absolute atomic E-state index is 0.211. The molecule has 0 spiro atoms. The molecular formula is C21H30N4O6. The fourth-order valence-corrected chi connectivity index (χ4v) is 3.47. The van der Waals surface area contributed by atoms with E-state index in [1.54, 1.807) is 38.1 Å². The van der Waals surface area contributed by atoms with Crippen LogP contribution in [0.4, 0.5) is 16.2 Å². The third-order valence-corrected chi connectivity index (χ3v) is 5.09. The average molecular weight is 434 g/mol. The number of amides is 4. The molecule has 0 saturated carbocycles. The van der Waals surface area contributed by atoms with Crippen LogP contribution in [0.25, 0.3) is 0 Å². The Morgan fingerprint density at radius 2 is 1.65 bits per heavy atom. The minimum Gasteiger partial charge on any atom is -0.480 e. The zero-order valence-electron chi connectivity index (χ0n) is 18.2. The van der Waals surface area contributed by atoms with Gasteiger partial charge in [-0.2, -0.15) is 0 Å². The van der Waals surface area contributed by atoms with Crippen molar-refractivity contribution in [3.63, 3.8) is 0 Å². The van der Waals surface area contributed by atoms with Crippen molar-refractivity contribution in [2.24, 2.45) is 11.8 Å². The van der Waals surface area contributed by atoms with Crippen LogP contribution in [-0.4, -0.2) is 58.3 Å². The molecule has 0 saturated heterocycles. The van der Waals surface area contributed by atoms with Gasteiger partial charge in [0.25, 0.3) is 0 Å². The number of hydrogen-bond donors (Lipinski definition) is 5. The van der Waals surface area contributed by atoms with Gasteiger partial charge in [-0.1, -0.05) is 39.8 Å². The third kappa shape index (κ3) is 5.32. The maximum Gasteiger partial charge on any atom is 0.328 e. The molecule has 2 rings (SSSR count). The van der Waals surface area contributed by atoms with Crippen LogP contribution in [0.5, 0.6) is 0 Å². The van der Waals surface area contributed by atoms with E-state index in [1.165, 1.54) is 11.8 Å². The maximum absolute atomic E-state index is 13.3. The summed E-state index contributed by atoms with van der Waals surface area (Å²) in [6.07, 6.45) is -1.33. The number of hydrogen-bond acceptors (Lipinski definition) is 5. The number of nitrogens with one attached hydrogen (secondary N) is 3. The van der Waals surface area contributed by atoms with Gasteiger partial charge in [0.05, 0.1) is 17.5 Å². The topological polar surface area (TPSA) is 148 Å². The molecule has 4 atom stereocenters. The summed E-state index contributed by atoms with van der Waals surface area (Å²) in [5, 5.41) is 26.5. The highest BCUT2D eigenvalue weighted by Crippen LogP contribution is 2.34. The molecule has 10 heteroatoms. The predicted octanol–water partition coefficient (Wildman–Crippen LogP) is 1.15. The first-order valence-electron chi connectivity index (χ1n) is 10.2. The quantitative estimate of drug-likeness (QED) is 0.435. The van der Waals surface area contributed by atoms with Crippen LogP contribution in [0.3, 0.4) is 0 Å². The van der Waals surface area contributed by atoms with Crippen molar-refractivity contribution >= 4 is 35.2 Å². The Kier molecular flexibility index (Phi) is 7.61. The Morgan fingerprint density at radius 3 is 2.16 bits per heavy atom. The van der Waals surface area contributed by atoms with Crippen molar-refractivity contribution in [1.82, 2.24) is 10.6 Å². The molecule has 4 amide bonds. The molecule has 0 bridgehead atoms. The molecule has 1 aliphatic rings. The summed E-state index contributed by atoms with van der Waals surface area (Å²) in [6.45, 7) is 8.26. The molecular weight excluding hydrogens is 404 g/mol. The maximum atomic E-state index is 13.3. The van der Waals surface area contributed by atoms with Gasteiger partial charge in [-0.25, -0.2) is 9.59 Å². The SMILES string of the molecule is CC(C)[C@H](NC(=O)N1c2ccccc2NC(=O)[C@@H]1C(C)C)C(=O)N[C@@H](C(=O)O)[C@@H](C)O. The second kappa shape index (κ2) is 9.78. The van der Waals surface area contributed by atoms with Crippen molar-refractivity contribution in [2.75, 3.05) is 10.2 Å². The van der Waals surface area contributed by atoms with Gasteiger partial charge in [-0.05, 0) is 30.9 Å². The van der Waals surface area contributed by atoms with E-state index in [1.807, 2.05) is 13.8 Å². The number of carboxylic acids is 1. The second-order valence-corrected chi connectivity index (χ2v) is 8.30. The molecule has 170 valence electrons. The molecule has 0 aromatic heterocycles. The molecule has 1 aromatic rings. The van der Waals surface area contributed by atoms with Crippen LogP contribution in [0.2, 0.25) is 0 Å². The van der Waals surface area contributed by atoms with Crippen LogP contribution in [0.1, 0.15) is 34.6 Å². The van der Waals surface area contributed by atoms with Crippen molar-refractivity contribution < 1.29 is 29.4 Å². The fraction of sp³-hybridized carbons (Fsp3) is 0.524. The lowest BCUT2D eigenvalue weighted by atomic mass is 9.97. The lowest BCUT2D eigenvalue weighted by Gasteiger charge is -2.39. The zero-order valence-corrected chi connectivity index (χ0v) is 18.2. The number of benzene rings is 1. The molecule has 31 heavy (non-hydrogen) atoms. The van der Waals surface area contributed by atoms with Gasteiger partial charge in [-0.3, -0.25) is 14.5 Å². The monoisotopic (exact) mass is 434 g/mol. The number of nitrogens with zero attached hydrogens (tertiary/aromatic N) is 1. The number of urea groups is 1. The van der Waals surface area contributed by atoms with Gasteiger partial charge < -0.3 is 26.2 Å². The largest absolute Gasteiger partial charge is 0.480 e. The zero-order chi connectivity index (χ0) is 23.5. The van der Waals surface area contributed by atoms with E-state index >= 15 is 0 Å². The summed E-state index contributed by atoms with van der Waals surface area (Å²) in [5.41, 5.74) is 0.971. The van der Waals surface area contributed by atoms with Crippen molar-refractivity contribution in [1.29, 1.82) is 0 Å². The summed E-state index contributed by atoms with van der Waals surface area (Å²) in [6, 6.07) is 2.79. The summed E-state index contributed by atoms with van der Waals surface area (Å²) in [5.74, 6) is -3.07. The number of carboxylic acid groups (broad SMARTS) is 1. The molecule has 0 fully saturated rings. The van der Waals surface area contributed by atoms with Gasteiger partial charge in [0.15, 0.2) is 6.04 Å². The highest BCUT2D eigenvalue weighted by molar-refractivity contribution is 6.12. The Morgan fingerprint density at radius 1 is 1.03 bits per heavy atom. The van der Waals surface area contributed by atoms with E-state index in [0.717, 1.165) is 0 Å². The molecule has 1 aromatic carbocycles. The first kappa shape index (κ1) is 24.1. The van der Waals surface area contributed by atoms with Gasteiger partial charge in [0, 0.05) is 0 Å². The van der Waals surface area contributed by atoms with E-state index in [2.05, 4.69) is 16.0 Å². The van der Waals surface area contributed by atoms with E-state index < -0.39 is 48.1 Å². The molecule has 1 aliphatic heterocycles. The number of fused-ring (bicyclic) bond motifs is 1. The third-order valence-electron chi connectivity index (χ3n) is 5.09. The molecule has 0 aliphatic carbocycles. The minimum atomic E-state index is -1.52. The van der Waals surface area contributed by atoms with Gasteiger partial charge in [0.1, 0.15) is 12.1 Å². The summed E-state index contributed by atoms with van der Waals surface area (Å²) in [4.78, 5) is 51.3. The number of aliphatic carboxylic acids is 1. The molecule has 0 unspecified atom stereocenters. The first-order valence-corrected chi connectivity index (χ1v) is 10.2. The van der Waals surface area contributed by atoms with E-state index in [4.69, 9.17) is 0 Å². The predicted molar refractivity (Wildman–Crippen MR) is 115 cm³/mol. The first-order chi connectivity index (χ1) is 14.5. The van der Waals surface area contributed by atoms with Crippen molar-refractivity contribution in [3.8, 4) is 0 Å². The lowest BCUT2D eigenvalue weighted by Crippen LogP contribution is -2.61. The van der Waals surface area contributed by atoms with Crippen LogP contribution in [0, 0.1) is 11.8 Å². The van der Waals surface area contributed by atoms with E-state index in [0.29, 0.717) is 11.4 Å². The summed E-state index contributed by atoms with van der Waals surface area (Å²) in [7, 11) is 0. The smallest absolute Gasteiger partial charge is 0.328 e. The number of carbonyl (C=O) groups is 4. The highest BCUT2D eigenvalue weighted by Gasteiger charge is 2.40. The van der Waals surface area contributed by atoms with Crippen LogP contribution >= 0.6 is 0 Å². The number of para-hydroxylation sites is 2. The van der Waals surface area contributed by atoms with Crippen molar-refractivity contribution in [2.45, 2.75) is 58.8 Å². The van der Waals surface area contributed by atoms with Crippen LogP contribution < -0.4 is 20.9 Å². The fourth-order valence-electron chi connectivity index (χ4n) is 3.47. The van der Waals surface area contributed by atoms with Crippen LogP contribution in [0.15, 0.2) is 24.3 Å². The molecule has 5 N–H and O–H groups in total. The number of rotatable bonds is 7. The van der Waals surface area contributed by atoms with Gasteiger partial charge in [0.2, 0.25) is 11.8 Å². The average Bonchev–Trinajstić information content (AvgIpc) is 2.67. The van der Waals surface area contributed by atoms with E-state index in [-0.39, 0.29) is 11.8 Å². The summed E-state index contributed by atoms with van der Waals surface area (Å²) >= 11 is 0. The Bertz CT molecular complexity index is 854. The Balaban J connectivity index is 2.33. The lowest BCUT2D eigenvalue weighted by molar-refractivity contribution is -0.145. The number of anilines is 2. The van der Waals surface area contributed by atoms with Gasteiger partial charge >= 0.3 is 12.0 Å². The molecule has 0 radical (unpaired) electrons. The van der Waals surface area contributed by atoms with E-state index in [9.17, 15) is 29.4 Å². The molecule has 10 nitrogen and oxygen atoms in total. The highest BCUT2D eigenvalue weighted by atomic mass is 16.4. The molecule has 1 heterocycles. The standard InChI is InChI=1S/C21H30N4O6/c1-10(2)15(18(27)23-16(12(5)26)20(29)30)24-21(31)25-14-9-7-6-8-13(14)22-19(28)17(25)11(3)4/h6-12,15-17,26H,1-5H3,(H,22,28)(H,23,27)(H,24,31)(H,29,30)/t12-,15+,16-,17+/m1/s1. The number of carbonyl (C=O) groups excluding carboxylic acids is 3. The van der Waals surface area contributed by atoms with Crippen LogP contribution in [-0.2, 0) is 14.4 Å². The Hall–Kier alpha value is -3.14. The number of aliphatic hydroxyl groups excluding tert-OH is 1. The Labute approximate surface area is 181 Å².